The Morgan fingerprint density at radius 2 is 1.48 bits per heavy atom. The van der Waals surface area contributed by atoms with E-state index in [0.717, 1.165) is 23.3 Å². The van der Waals surface area contributed by atoms with Gasteiger partial charge in [0, 0.05) is 8.80 Å². The smallest absolute Gasteiger partial charge is 0.0991 e. The average Bonchev–Trinajstić information content (AvgIpc) is 2.73. The van der Waals surface area contributed by atoms with Gasteiger partial charge in [-0.1, -0.05) is 82.1 Å². The van der Waals surface area contributed by atoms with Crippen molar-refractivity contribution in [3.8, 4) is 6.07 Å². The Labute approximate surface area is 169 Å². The summed E-state index contributed by atoms with van der Waals surface area (Å²) in [5, 5.41) is 8.94. The van der Waals surface area contributed by atoms with Crippen LogP contribution in [0.5, 0.6) is 0 Å². The molecule has 1 aromatic rings. The summed E-state index contributed by atoms with van der Waals surface area (Å²) >= 11 is 0. The molecule has 0 unspecified atom stereocenters. The predicted octanol–water partition coefficient (Wildman–Crippen LogP) is 7.44. The maximum Gasteiger partial charge on any atom is 0.0991 e. The first-order valence-corrected chi connectivity index (χ1v) is 14.2. The summed E-state index contributed by atoms with van der Waals surface area (Å²) in [5.41, 5.74) is 2.24. The number of benzene rings is 1. The second-order valence-corrected chi connectivity index (χ2v) is 12.9. The Morgan fingerprint density at radius 1 is 0.889 bits per heavy atom. The highest BCUT2D eigenvalue weighted by Crippen LogP contribution is 2.38. The normalized spacial score (nSPS) is 28.6. The molecule has 0 bridgehead atoms. The molecule has 1 aromatic carbocycles. The van der Waals surface area contributed by atoms with Crippen LogP contribution in [0, 0.1) is 23.2 Å². The Hall–Kier alpha value is -1.07. The fraction of sp³-hybridized carbons (Fsp3) is 0.720. The van der Waals surface area contributed by atoms with Crippen LogP contribution in [0.4, 0.5) is 0 Å². The van der Waals surface area contributed by atoms with Gasteiger partial charge in [0.15, 0.2) is 0 Å². The van der Waals surface area contributed by atoms with E-state index >= 15 is 0 Å². The van der Waals surface area contributed by atoms with Crippen LogP contribution in [0.3, 0.4) is 0 Å². The number of nitriles is 1. The van der Waals surface area contributed by atoms with Crippen molar-refractivity contribution in [2.45, 2.75) is 102 Å². The van der Waals surface area contributed by atoms with E-state index in [1.165, 1.54) is 63.4 Å². The monoisotopic (exact) mass is 381 g/mol. The van der Waals surface area contributed by atoms with Crippen molar-refractivity contribution in [1.29, 1.82) is 5.26 Å². The molecule has 1 aliphatic carbocycles. The molecule has 0 radical (unpaired) electrons. The average molecular weight is 382 g/mol. The van der Waals surface area contributed by atoms with E-state index in [9.17, 15) is 0 Å². The summed E-state index contributed by atoms with van der Waals surface area (Å²) in [6, 6.07) is 15.5. The lowest BCUT2D eigenvalue weighted by molar-refractivity contribution is 0.297. The third kappa shape index (κ3) is 6.49. The lowest BCUT2D eigenvalue weighted by Gasteiger charge is -2.29. The van der Waals surface area contributed by atoms with Crippen molar-refractivity contribution in [3.63, 3.8) is 0 Å². The minimum Gasteiger partial charge on any atom is -0.192 e. The minimum absolute atomic E-state index is 0.282. The molecule has 0 atom stereocenters. The highest BCUT2D eigenvalue weighted by molar-refractivity contribution is 6.58. The van der Waals surface area contributed by atoms with Crippen molar-refractivity contribution in [1.82, 2.24) is 0 Å². The molecule has 148 valence electrons. The van der Waals surface area contributed by atoms with Gasteiger partial charge >= 0.3 is 0 Å². The summed E-state index contributed by atoms with van der Waals surface area (Å²) in [5.74, 6) is 2.79. The predicted molar refractivity (Wildman–Crippen MR) is 119 cm³/mol. The Morgan fingerprint density at radius 3 is 2.04 bits per heavy atom. The molecule has 1 aliphatic heterocycles. The molecule has 2 fully saturated rings. The molecule has 2 aliphatic rings. The highest BCUT2D eigenvalue weighted by Gasteiger charge is 2.23. The van der Waals surface area contributed by atoms with Gasteiger partial charge in [0.05, 0.1) is 11.6 Å². The summed E-state index contributed by atoms with van der Waals surface area (Å²) in [6.07, 6.45) is 16.1. The zero-order valence-electron chi connectivity index (χ0n) is 17.5. The standard InChI is InChI=1S/C25H39NSi/c1-2-17-27-18-15-22(16-19-27)6-4-3-5-21-7-11-24(12-8-21)25-13-9-23(20-26)10-14-25/h9-10,13-14,21-22,24,27H,2-8,11-12,15-19H2,1H3. The summed E-state index contributed by atoms with van der Waals surface area (Å²) < 4.78 is 0. The van der Waals surface area contributed by atoms with E-state index in [1.54, 1.807) is 31.0 Å². The highest BCUT2D eigenvalue weighted by atomic mass is 28.3. The van der Waals surface area contributed by atoms with E-state index in [1.807, 2.05) is 12.1 Å². The number of hydrogen-bond acceptors (Lipinski definition) is 1. The molecule has 1 nitrogen and oxygen atoms in total. The van der Waals surface area contributed by atoms with Gasteiger partial charge in [0.25, 0.3) is 0 Å². The number of rotatable bonds is 8. The number of hydrogen-bond donors (Lipinski definition) is 0. The molecule has 2 heteroatoms. The topological polar surface area (TPSA) is 23.8 Å². The van der Waals surface area contributed by atoms with Gasteiger partial charge in [-0.2, -0.15) is 5.26 Å². The van der Waals surface area contributed by atoms with Crippen molar-refractivity contribution >= 4 is 8.80 Å². The molecular weight excluding hydrogens is 342 g/mol. The molecule has 1 saturated heterocycles. The maximum atomic E-state index is 8.94. The lowest BCUT2D eigenvalue weighted by Crippen LogP contribution is -2.21. The quantitative estimate of drug-likeness (QED) is 0.339. The van der Waals surface area contributed by atoms with E-state index in [-0.39, 0.29) is 8.80 Å². The van der Waals surface area contributed by atoms with Crippen molar-refractivity contribution in [2.24, 2.45) is 11.8 Å². The first kappa shape index (κ1) is 20.7. The van der Waals surface area contributed by atoms with Gasteiger partial charge in [0.2, 0.25) is 0 Å². The molecule has 0 amide bonds. The van der Waals surface area contributed by atoms with Crippen LogP contribution in [0.25, 0.3) is 0 Å². The number of unbranched alkanes of at least 4 members (excludes halogenated alkanes) is 1. The van der Waals surface area contributed by atoms with Crippen LogP contribution < -0.4 is 0 Å². The van der Waals surface area contributed by atoms with E-state index in [0.29, 0.717) is 0 Å². The van der Waals surface area contributed by atoms with Crippen LogP contribution in [-0.4, -0.2) is 8.80 Å². The zero-order chi connectivity index (χ0) is 18.9. The summed E-state index contributed by atoms with van der Waals surface area (Å²) in [7, 11) is -0.282. The van der Waals surface area contributed by atoms with Gasteiger partial charge in [0.1, 0.15) is 0 Å². The second kappa shape index (κ2) is 11.1. The Kier molecular flexibility index (Phi) is 8.46. The third-order valence-electron chi connectivity index (χ3n) is 7.50. The van der Waals surface area contributed by atoms with Crippen LogP contribution >= 0.6 is 0 Å². The molecule has 3 rings (SSSR count). The Bertz CT molecular complexity index is 571. The molecule has 27 heavy (non-hydrogen) atoms. The molecule has 1 heterocycles. The summed E-state index contributed by atoms with van der Waals surface area (Å²) in [4.78, 5) is 0. The first-order chi connectivity index (χ1) is 13.3. The van der Waals surface area contributed by atoms with E-state index in [4.69, 9.17) is 5.26 Å². The molecule has 0 spiro atoms. The van der Waals surface area contributed by atoms with Crippen LogP contribution in [0.2, 0.25) is 18.1 Å². The van der Waals surface area contributed by atoms with Crippen molar-refractivity contribution in [3.05, 3.63) is 35.4 Å². The van der Waals surface area contributed by atoms with Gasteiger partial charge in [-0.15, -0.1) is 0 Å². The SMILES string of the molecule is CCC[SiH]1CCC(CCCCC2CCC(c3ccc(C#N)cc3)CC2)CC1. The molecular formula is C25H39NSi. The fourth-order valence-electron chi connectivity index (χ4n) is 5.70. The van der Waals surface area contributed by atoms with Gasteiger partial charge in [-0.25, -0.2) is 0 Å². The maximum absolute atomic E-state index is 8.94. The van der Waals surface area contributed by atoms with Crippen molar-refractivity contribution in [2.75, 3.05) is 0 Å². The summed E-state index contributed by atoms with van der Waals surface area (Å²) in [6.45, 7) is 2.37. The van der Waals surface area contributed by atoms with Crippen LogP contribution in [0.15, 0.2) is 24.3 Å². The second-order valence-electron chi connectivity index (χ2n) is 9.41. The van der Waals surface area contributed by atoms with Gasteiger partial charge in [-0.3, -0.25) is 0 Å². The van der Waals surface area contributed by atoms with Gasteiger partial charge < -0.3 is 0 Å². The van der Waals surface area contributed by atoms with Gasteiger partial charge in [-0.05, 0) is 61.1 Å². The number of nitrogens with zero attached hydrogens (tertiary/aromatic N) is 1. The minimum atomic E-state index is -0.282. The molecule has 1 saturated carbocycles. The molecule has 0 N–H and O–H groups in total. The zero-order valence-corrected chi connectivity index (χ0v) is 18.6. The van der Waals surface area contributed by atoms with E-state index < -0.39 is 0 Å². The Balaban J connectivity index is 1.27. The van der Waals surface area contributed by atoms with Crippen molar-refractivity contribution < 1.29 is 0 Å². The largest absolute Gasteiger partial charge is 0.192 e. The molecule has 0 aromatic heterocycles. The van der Waals surface area contributed by atoms with Crippen LogP contribution in [-0.2, 0) is 0 Å². The van der Waals surface area contributed by atoms with Crippen LogP contribution in [0.1, 0.15) is 94.6 Å². The third-order valence-corrected chi connectivity index (χ3v) is 11.2. The first-order valence-electron chi connectivity index (χ1n) is 11.8. The lowest BCUT2D eigenvalue weighted by atomic mass is 9.77. The fourth-order valence-corrected chi connectivity index (χ4v) is 9.27. The van der Waals surface area contributed by atoms with E-state index in [2.05, 4.69) is 25.1 Å².